The second-order valence-electron chi connectivity index (χ2n) is 5.09. The molecule has 0 N–H and O–H groups in total. The van der Waals surface area contributed by atoms with Gasteiger partial charge in [0.15, 0.2) is 0 Å². The first kappa shape index (κ1) is 14.8. The highest BCUT2D eigenvalue weighted by Gasteiger charge is 2.17. The quantitative estimate of drug-likeness (QED) is 0.420. The molecule has 0 spiro atoms. The third kappa shape index (κ3) is 2.52. The van der Waals surface area contributed by atoms with Crippen LogP contribution in [0.1, 0.15) is 34.1 Å². The van der Waals surface area contributed by atoms with Gasteiger partial charge in [-0.3, -0.25) is 9.20 Å². The van der Waals surface area contributed by atoms with Gasteiger partial charge in [-0.1, -0.05) is 25.1 Å². The maximum atomic E-state index is 12.8. The molecule has 3 rings (SSSR count). The van der Waals surface area contributed by atoms with Crippen molar-refractivity contribution in [1.82, 2.24) is 14.4 Å². The van der Waals surface area contributed by atoms with Crippen LogP contribution in [0.4, 0.5) is 0 Å². The van der Waals surface area contributed by atoms with Gasteiger partial charge in [0.1, 0.15) is 10.7 Å². The number of aromatic nitrogens is 3. The number of ketones is 1. The van der Waals surface area contributed by atoms with E-state index in [9.17, 15) is 4.79 Å². The van der Waals surface area contributed by atoms with Gasteiger partial charge < -0.3 is 0 Å². The second-order valence-corrected chi connectivity index (χ2v) is 5.91. The summed E-state index contributed by atoms with van der Waals surface area (Å²) >= 11 is 1.56. The Morgan fingerprint density at radius 2 is 2.09 bits per heavy atom. The predicted octanol–water partition coefficient (Wildman–Crippen LogP) is 3.55. The SMILES string of the molecule is CCc1c(C)cccc1C(=O)c1cn2ccc(SC)nc2n1. The molecule has 3 aromatic rings. The number of hydrogen-bond donors (Lipinski definition) is 0. The minimum Gasteiger partial charge on any atom is -0.290 e. The van der Waals surface area contributed by atoms with Crippen molar-refractivity contribution in [3.63, 3.8) is 0 Å². The fourth-order valence-electron chi connectivity index (χ4n) is 2.60. The number of carbonyl (C=O) groups is 1. The number of carbonyl (C=O) groups excluding carboxylic acids is 1. The lowest BCUT2D eigenvalue weighted by molar-refractivity contribution is 0.103. The van der Waals surface area contributed by atoms with Gasteiger partial charge in [0, 0.05) is 18.0 Å². The normalized spacial score (nSPS) is 11.0. The summed E-state index contributed by atoms with van der Waals surface area (Å²) in [5.41, 5.74) is 3.39. The van der Waals surface area contributed by atoms with Crippen LogP contribution in [0.3, 0.4) is 0 Å². The summed E-state index contributed by atoms with van der Waals surface area (Å²) in [6.45, 7) is 4.10. The van der Waals surface area contributed by atoms with Gasteiger partial charge in [-0.05, 0) is 36.8 Å². The molecule has 112 valence electrons. The Morgan fingerprint density at radius 3 is 2.82 bits per heavy atom. The molecular formula is C17H17N3OS. The van der Waals surface area contributed by atoms with E-state index >= 15 is 0 Å². The molecule has 0 fully saturated rings. The van der Waals surface area contributed by atoms with Gasteiger partial charge in [0.05, 0.1) is 0 Å². The van der Waals surface area contributed by atoms with Crippen molar-refractivity contribution in [1.29, 1.82) is 0 Å². The zero-order valence-electron chi connectivity index (χ0n) is 12.8. The summed E-state index contributed by atoms with van der Waals surface area (Å²) in [4.78, 5) is 21.6. The zero-order valence-corrected chi connectivity index (χ0v) is 13.6. The fraction of sp³-hybridized carbons (Fsp3) is 0.235. The van der Waals surface area contributed by atoms with E-state index in [1.165, 1.54) is 0 Å². The van der Waals surface area contributed by atoms with Crippen LogP contribution < -0.4 is 0 Å². The highest BCUT2D eigenvalue weighted by atomic mass is 32.2. The summed E-state index contributed by atoms with van der Waals surface area (Å²) in [5.74, 6) is 0.512. The van der Waals surface area contributed by atoms with Crippen LogP contribution in [0.25, 0.3) is 5.78 Å². The topological polar surface area (TPSA) is 47.3 Å². The third-order valence-electron chi connectivity index (χ3n) is 3.75. The predicted molar refractivity (Wildman–Crippen MR) is 88.8 cm³/mol. The average Bonchev–Trinajstić information content (AvgIpc) is 2.96. The number of benzene rings is 1. The number of aryl methyl sites for hydroxylation is 1. The van der Waals surface area contributed by atoms with Crippen LogP contribution in [0.2, 0.25) is 0 Å². The van der Waals surface area contributed by atoms with Crippen LogP contribution >= 0.6 is 11.8 Å². The summed E-state index contributed by atoms with van der Waals surface area (Å²) < 4.78 is 1.79. The van der Waals surface area contributed by atoms with Gasteiger partial charge >= 0.3 is 0 Å². The lowest BCUT2D eigenvalue weighted by atomic mass is 9.96. The average molecular weight is 311 g/mol. The lowest BCUT2D eigenvalue weighted by Gasteiger charge is -2.08. The minimum absolute atomic E-state index is 0.0447. The lowest BCUT2D eigenvalue weighted by Crippen LogP contribution is -2.06. The molecule has 5 heteroatoms. The minimum atomic E-state index is -0.0447. The molecule has 0 amide bonds. The molecule has 2 heterocycles. The summed E-state index contributed by atoms with van der Waals surface area (Å²) in [6.07, 6.45) is 6.43. The summed E-state index contributed by atoms with van der Waals surface area (Å²) in [5, 5.41) is 0.891. The Balaban J connectivity index is 2.07. The van der Waals surface area contributed by atoms with E-state index in [1.54, 1.807) is 22.4 Å². The molecule has 0 radical (unpaired) electrons. The number of hydrogen-bond acceptors (Lipinski definition) is 4. The molecule has 0 bridgehead atoms. The summed E-state index contributed by atoms with van der Waals surface area (Å²) in [6, 6.07) is 7.74. The molecule has 0 aliphatic rings. The maximum absolute atomic E-state index is 12.8. The number of imidazole rings is 1. The van der Waals surface area contributed by atoms with Crippen molar-refractivity contribution in [3.8, 4) is 0 Å². The highest BCUT2D eigenvalue weighted by Crippen LogP contribution is 2.19. The first-order valence-electron chi connectivity index (χ1n) is 7.17. The van der Waals surface area contributed by atoms with Gasteiger partial charge in [0.2, 0.25) is 11.6 Å². The first-order valence-corrected chi connectivity index (χ1v) is 8.39. The van der Waals surface area contributed by atoms with Gasteiger partial charge in [-0.15, -0.1) is 11.8 Å². The van der Waals surface area contributed by atoms with Crippen molar-refractivity contribution in [2.45, 2.75) is 25.3 Å². The number of fused-ring (bicyclic) bond motifs is 1. The van der Waals surface area contributed by atoms with Crippen molar-refractivity contribution in [3.05, 3.63) is 59.0 Å². The third-order valence-corrected chi connectivity index (χ3v) is 4.40. The largest absolute Gasteiger partial charge is 0.290 e. The smallest absolute Gasteiger partial charge is 0.235 e. The monoisotopic (exact) mass is 311 g/mol. The molecule has 0 aliphatic heterocycles. The Bertz CT molecular complexity index is 854. The van der Waals surface area contributed by atoms with Gasteiger partial charge in [0.25, 0.3) is 0 Å². The number of rotatable bonds is 4. The van der Waals surface area contributed by atoms with Crippen LogP contribution in [0.15, 0.2) is 41.7 Å². The Morgan fingerprint density at radius 1 is 1.27 bits per heavy atom. The summed E-state index contributed by atoms with van der Waals surface area (Å²) in [7, 11) is 0. The van der Waals surface area contributed by atoms with Crippen molar-refractivity contribution < 1.29 is 4.79 Å². The van der Waals surface area contributed by atoms with E-state index in [1.807, 2.05) is 43.6 Å². The van der Waals surface area contributed by atoms with Crippen LogP contribution in [0.5, 0.6) is 0 Å². The Kier molecular flexibility index (Phi) is 3.98. The second kappa shape index (κ2) is 5.93. The molecule has 1 aromatic carbocycles. The van der Waals surface area contributed by atoms with Crippen LogP contribution in [-0.2, 0) is 6.42 Å². The molecule has 0 saturated carbocycles. The van der Waals surface area contributed by atoms with E-state index in [0.717, 1.165) is 28.1 Å². The Hall–Kier alpha value is -2.14. The first-order chi connectivity index (χ1) is 10.6. The molecule has 0 unspecified atom stereocenters. The van der Waals surface area contributed by atoms with E-state index in [0.29, 0.717) is 11.5 Å². The number of nitrogens with zero attached hydrogens (tertiary/aromatic N) is 3. The zero-order chi connectivity index (χ0) is 15.7. The molecule has 4 nitrogen and oxygen atoms in total. The fourth-order valence-corrected chi connectivity index (χ4v) is 2.97. The van der Waals surface area contributed by atoms with Crippen LogP contribution in [0, 0.1) is 6.92 Å². The van der Waals surface area contributed by atoms with E-state index in [-0.39, 0.29) is 5.78 Å². The molecule has 0 saturated heterocycles. The van der Waals surface area contributed by atoms with Crippen molar-refractivity contribution in [2.24, 2.45) is 0 Å². The number of thioether (sulfide) groups is 1. The van der Waals surface area contributed by atoms with Gasteiger partial charge in [-0.2, -0.15) is 0 Å². The highest BCUT2D eigenvalue weighted by molar-refractivity contribution is 7.98. The van der Waals surface area contributed by atoms with E-state index in [4.69, 9.17) is 0 Å². The molecule has 0 atom stereocenters. The van der Waals surface area contributed by atoms with E-state index < -0.39 is 0 Å². The molecule has 0 aliphatic carbocycles. The van der Waals surface area contributed by atoms with Crippen molar-refractivity contribution >= 4 is 23.3 Å². The molecule has 2 aromatic heterocycles. The molecular weight excluding hydrogens is 294 g/mol. The standard InChI is InChI=1S/C17H17N3OS/c1-4-12-11(2)6-5-7-13(12)16(21)14-10-20-9-8-15(22-3)19-17(20)18-14/h5-10H,4H2,1-3H3. The Labute approximate surface area is 133 Å². The van der Waals surface area contributed by atoms with Crippen LogP contribution in [-0.4, -0.2) is 26.4 Å². The molecule has 22 heavy (non-hydrogen) atoms. The van der Waals surface area contributed by atoms with Crippen molar-refractivity contribution in [2.75, 3.05) is 6.26 Å². The van der Waals surface area contributed by atoms with Gasteiger partial charge in [-0.25, -0.2) is 9.97 Å². The van der Waals surface area contributed by atoms with E-state index in [2.05, 4.69) is 16.9 Å². The maximum Gasteiger partial charge on any atom is 0.235 e.